The van der Waals surface area contributed by atoms with Crippen LogP contribution in [0.25, 0.3) is 0 Å². The summed E-state index contributed by atoms with van der Waals surface area (Å²) in [6.07, 6.45) is 14.0. The van der Waals surface area contributed by atoms with Gasteiger partial charge in [0.2, 0.25) is 0 Å². The molecule has 0 radical (unpaired) electrons. The van der Waals surface area contributed by atoms with Gasteiger partial charge in [0.1, 0.15) is 0 Å². The molecular weight excluding hydrogens is 206 g/mol. The summed E-state index contributed by atoms with van der Waals surface area (Å²) in [5, 5.41) is 3.89. The molecule has 1 rings (SSSR count). The lowest BCUT2D eigenvalue weighted by atomic mass is 9.79. The Labute approximate surface area is 109 Å². The van der Waals surface area contributed by atoms with E-state index in [2.05, 4.69) is 26.1 Å². The first-order valence-electron chi connectivity index (χ1n) is 8.01. The lowest BCUT2D eigenvalue weighted by Crippen LogP contribution is -2.45. The molecule has 1 heteroatoms. The van der Waals surface area contributed by atoms with Gasteiger partial charge in [-0.3, -0.25) is 0 Å². The largest absolute Gasteiger partial charge is 0.311 e. The second kappa shape index (κ2) is 8.13. The van der Waals surface area contributed by atoms with Gasteiger partial charge in [0.05, 0.1) is 0 Å². The van der Waals surface area contributed by atoms with Gasteiger partial charge in [-0.2, -0.15) is 0 Å². The van der Waals surface area contributed by atoms with E-state index in [4.69, 9.17) is 0 Å². The Morgan fingerprint density at radius 3 is 2.59 bits per heavy atom. The minimum Gasteiger partial charge on any atom is -0.311 e. The van der Waals surface area contributed by atoms with E-state index in [1.54, 1.807) is 0 Å². The highest BCUT2D eigenvalue weighted by Gasteiger charge is 2.30. The van der Waals surface area contributed by atoms with Crippen LogP contribution in [0.15, 0.2) is 0 Å². The van der Waals surface area contributed by atoms with Crippen LogP contribution in [0.3, 0.4) is 0 Å². The zero-order valence-corrected chi connectivity index (χ0v) is 12.4. The Morgan fingerprint density at radius 1 is 1.12 bits per heavy atom. The van der Waals surface area contributed by atoms with Gasteiger partial charge in [-0.15, -0.1) is 0 Å². The van der Waals surface area contributed by atoms with Crippen LogP contribution in [-0.2, 0) is 0 Å². The van der Waals surface area contributed by atoms with Gasteiger partial charge in [0, 0.05) is 5.54 Å². The summed E-state index contributed by atoms with van der Waals surface area (Å²) in [6.45, 7) is 8.31. The fourth-order valence-electron chi connectivity index (χ4n) is 3.32. The van der Waals surface area contributed by atoms with E-state index < -0.39 is 0 Å². The monoisotopic (exact) mass is 239 g/mol. The summed E-state index contributed by atoms with van der Waals surface area (Å²) in [4.78, 5) is 0. The molecule has 0 aliphatic carbocycles. The summed E-state index contributed by atoms with van der Waals surface area (Å²) in [5.41, 5.74) is 0.477. The van der Waals surface area contributed by atoms with Crippen LogP contribution < -0.4 is 5.32 Å². The molecule has 1 aliphatic heterocycles. The van der Waals surface area contributed by atoms with Gasteiger partial charge < -0.3 is 5.32 Å². The maximum Gasteiger partial charge on any atom is 0.0181 e. The molecule has 17 heavy (non-hydrogen) atoms. The molecule has 1 fully saturated rings. The van der Waals surface area contributed by atoms with Crippen molar-refractivity contribution in [2.24, 2.45) is 5.92 Å². The Kier molecular flexibility index (Phi) is 7.18. The van der Waals surface area contributed by atoms with Crippen LogP contribution in [0.1, 0.15) is 85.0 Å². The third kappa shape index (κ3) is 4.99. The molecule has 2 atom stereocenters. The van der Waals surface area contributed by atoms with E-state index in [-0.39, 0.29) is 0 Å². The summed E-state index contributed by atoms with van der Waals surface area (Å²) < 4.78 is 0. The first kappa shape index (κ1) is 15.0. The van der Waals surface area contributed by atoms with Gasteiger partial charge in [0.25, 0.3) is 0 Å². The number of unbranched alkanes of at least 4 members (excludes halogenated alkanes) is 1. The van der Waals surface area contributed by atoms with Crippen molar-refractivity contribution in [3.05, 3.63) is 0 Å². The highest BCUT2D eigenvalue weighted by atomic mass is 15.0. The summed E-state index contributed by atoms with van der Waals surface area (Å²) in [5.74, 6) is 0.945. The van der Waals surface area contributed by atoms with Crippen LogP contribution in [0.4, 0.5) is 0 Å². The number of hydrogen-bond donors (Lipinski definition) is 1. The van der Waals surface area contributed by atoms with Crippen molar-refractivity contribution in [1.82, 2.24) is 5.32 Å². The molecule has 1 heterocycles. The molecule has 0 saturated carbocycles. The Bertz CT molecular complexity index is 180. The number of rotatable bonds is 7. The standard InChI is InChI=1S/C16H33N/c1-4-7-11-15(5-2)14-16(6-3)12-9-8-10-13-17-16/h15,17H,4-14H2,1-3H3. The summed E-state index contributed by atoms with van der Waals surface area (Å²) in [6, 6.07) is 0. The fraction of sp³-hybridized carbons (Fsp3) is 1.00. The molecule has 102 valence electrons. The fourth-order valence-corrected chi connectivity index (χ4v) is 3.32. The van der Waals surface area contributed by atoms with Crippen molar-refractivity contribution in [3.8, 4) is 0 Å². The third-order valence-corrected chi connectivity index (χ3v) is 4.73. The molecule has 0 bridgehead atoms. The molecule has 0 aromatic carbocycles. The molecule has 0 aromatic rings. The van der Waals surface area contributed by atoms with Gasteiger partial charge >= 0.3 is 0 Å². The van der Waals surface area contributed by atoms with Crippen LogP contribution in [0.5, 0.6) is 0 Å². The lowest BCUT2D eigenvalue weighted by Gasteiger charge is -2.36. The van der Waals surface area contributed by atoms with Crippen LogP contribution >= 0.6 is 0 Å². The molecule has 1 nitrogen and oxygen atoms in total. The molecule has 2 unspecified atom stereocenters. The molecule has 0 amide bonds. The molecule has 1 saturated heterocycles. The van der Waals surface area contributed by atoms with Crippen LogP contribution in [0, 0.1) is 5.92 Å². The van der Waals surface area contributed by atoms with E-state index >= 15 is 0 Å². The Morgan fingerprint density at radius 2 is 1.94 bits per heavy atom. The van der Waals surface area contributed by atoms with Crippen molar-refractivity contribution in [1.29, 1.82) is 0 Å². The zero-order valence-electron chi connectivity index (χ0n) is 12.4. The maximum atomic E-state index is 3.89. The van der Waals surface area contributed by atoms with E-state index in [9.17, 15) is 0 Å². The molecule has 0 aromatic heterocycles. The van der Waals surface area contributed by atoms with Crippen LogP contribution in [0.2, 0.25) is 0 Å². The van der Waals surface area contributed by atoms with Gasteiger partial charge in [-0.25, -0.2) is 0 Å². The van der Waals surface area contributed by atoms with Gasteiger partial charge in [-0.1, -0.05) is 59.3 Å². The van der Waals surface area contributed by atoms with Crippen LogP contribution in [-0.4, -0.2) is 12.1 Å². The van der Waals surface area contributed by atoms with Crippen molar-refractivity contribution in [2.75, 3.05) is 6.54 Å². The molecule has 0 spiro atoms. The van der Waals surface area contributed by atoms with E-state index in [1.807, 2.05) is 0 Å². The SMILES string of the molecule is CCCCC(CC)CC1(CC)CCCCCN1. The van der Waals surface area contributed by atoms with Crippen molar-refractivity contribution in [3.63, 3.8) is 0 Å². The predicted octanol–water partition coefficient (Wildman–Crippen LogP) is 4.91. The maximum absolute atomic E-state index is 3.89. The molecule has 1 N–H and O–H groups in total. The first-order chi connectivity index (χ1) is 8.26. The van der Waals surface area contributed by atoms with E-state index in [1.165, 1.54) is 70.8 Å². The van der Waals surface area contributed by atoms with Crippen molar-refractivity contribution < 1.29 is 0 Å². The van der Waals surface area contributed by atoms with Crippen molar-refractivity contribution in [2.45, 2.75) is 90.5 Å². The first-order valence-corrected chi connectivity index (χ1v) is 8.01. The second-order valence-corrected chi connectivity index (χ2v) is 5.99. The molecule has 1 aliphatic rings. The van der Waals surface area contributed by atoms with Crippen molar-refractivity contribution >= 4 is 0 Å². The Hall–Kier alpha value is -0.0400. The van der Waals surface area contributed by atoms with Gasteiger partial charge in [0.15, 0.2) is 0 Å². The summed E-state index contributed by atoms with van der Waals surface area (Å²) in [7, 11) is 0. The van der Waals surface area contributed by atoms with Gasteiger partial charge in [-0.05, 0) is 38.1 Å². The average Bonchev–Trinajstić information content (AvgIpc) is 2.60. The zero-order chi connectivity index (χ0) is 12.6. The highest BCUT2D eigenvalue weighted by molar-refractivity contribution is 4.90. The topological polar surface area (TPSA) is 12.0 Å². The predicted molar refractivity (Wildman–Crippen MR) is 77.4 cm³/mol. The number of nitrogens with one attached hydrogen (secondary N) is 1. The quantitative estimate of drug-likeness (QED) is 0.666. The minimum atomic E-state index is 0.477. The smallest absolute Gasteiger partial charge is 0.0181 e. The highest BCUT2D eigenvalue weighted by Crippen LogP contribution is 2.32. The molecular formula is C16H33N. The number of hydrogen-bond acceptors (Lipinski definition) is 1. The normalized spacial score (nSPS) is 27.7. The third-order valence-electron chi connectivity index (χ3n) is 4.73. The minimum absolute atomic E-state index is 0.477. The average molecular weight is 239 g/mol. The lowest BCUT2D eigenvalue weighted by molar-refractivity contribution is 0.223. The second-order valence-electron chi connectivity index (χ2n) is 5.99. The van der Waals surface area contributed by atoms with E-state index in [0.717, 1.165) is 5.92 Å². The van der Waals surface area contributed by atoms with E-state index in [0.29, 0.717) is 5.54 Å². The Balaban J connectivity index is 2.51. The summed E-state index contributed by atoms with van der Waals surface area (Å²) >= 11 is 0.